The van der Waals surface area contributed by atoms with E-state index in [4.69, 9.17) is 0 Å². The van der Waals surface area contributed by atoms with Crippen LogP contribution in [0, 0.1) is 0 Å². The molecule has 1 heterocycles. The van der Waals surface area contributed by atoms with E-state index in [1.807, 2.05) is 6.20 Å². The molecule has 1 aromatic heterocycles. The predicted octanol–water partition coefficient (Wildman–Crippen LogP) is 2.72. The van der Waals surface area contributed by atoms with Crippen LogP contribution in [0.4, 0.5) is 0 Å². The molecule has 2 rings (SSSR count). The first-order chi connectivity index (χ1) is 7.73. The lowest BCUT2D eigenvalue weighted by Crippen LogP contribution is -2.39. The van der Waals surface area contributed by atoms with Crippen LogP contribution in [0.3, 0.4) is 0 Å². The maximum Gasteiger partial charge on any atom is 0.122 e. The quantitative estimate of drug-likeness (QED) is 0.828. The summed E-state index contributed by atoms with van der Waals surface area (Å²) in [6.45, 7) is 6.53. The second-order valence-electron chi connectivity index (χ2n) is 5.16. The van der Waals surface area contributed by atoms with Gasteiger partial charge in [-0.25, -0.2) is 4.98 Å². The molecule has 1 saturated carbocycles. The minimum atomic E-state index is 0.350. The molecule has 1 aromatic rings. The van der Waals surface area contributed by atoms with Crippen LogP contribution in [0.5, 0.6) is 0 Å². The van der Waals surface area contributed by atoms with Gasteiger partial charge in [-0.3, -0.25) is 0 Å². The molecule has 0 unspecified atom stereocenters. The van der Waals surface area contributed by atoms with Gasteiger partial charge in [-0.15, -0.1) is 0 Å². The fourth-order valence-corrected chi connectivity index (χ4v) is 2.58. The molecule has 16 heavy (non-hydrogen) atoms. The summed E-state index contributed by atoms with van der Waals surface area (Å²) >= 11 is 0. The summed E-state index contributed by atoms with van der Waals surface area (Å²) in [5, 5.41) is 3.68. The summed E-state index contributed by atoms with van der Waals surface area (Å²) in [6.07, 6.45) is 10.5. The molecular weight excluding hydrogens is 198 g/mol. The lowest BCUT2D eigenvalue weighted by molar-refractivity contribution is 0.354. The first kappa shape index (κ1) is 11.6. The molecule has 1 aliphatic carbocycles. The lowest BCUT2D eigenvalue weighted by atomic mass is 10.0. The van der Waals surface area contributed by atoms with Crippen molar-refractivity contribution in [3.05, 3.63) is 18.2 Å². The topological polar surface area (TPSA) is 29.9 Å². The van der Waals surface area contributed by atoms with Crippen LogP contribution >= 0.6 is 0 Å². The summed E-state index contributed by atoms with van der Waals surface area (Å²) in [4.78, 5) is 4.43. The average Bonchev–Trinajstić information content (AvgIpc) is 2.86. The van der Waals surface area contributed by atoms with Gasteiger partial charge in [0.05, 0.1) is 6.54 Å². The third-order valence-electron chi connectivity index (χ3n) is 3.65. The van der Waals surface area contributed by atoms with Crippen LogP contribution in [0.2, 0.25) is 0 Å². The smallest absolute Gasteiger partial charge is 0.122 e. The van der Waals surface area contributed by atoms with Gasteiger partial charge >= 0.3 is 0 Å². The van der Waals surface area contributed by atoms with Gasteiger partial charge in [-0.2, -0.15) is 0 Å². The molecule has 0 saturated heterocycles. The first-order valence-electron chi connectivity index (χ1n) is 6.48. The van der Waals surface area contributed by atoms with Gasteiger partial charge in [0.2, 0.25) is 0 Å². The van der Waals surface area contributed by atoms with Gasteiger partial charge in [0.15, 0.2) is 0 Å². The van der Waals surface area contributed by atoms with Crippen LogP contribution in [-0.2, 0) is 13.1 Å². The number of nitrogens with zero attached hydrogens (tertiary/aromatic N) is 2. The summed E-state index contributed by atoms with van der Waals surface area (Å²) in [6, 6.07) is 0. The Bertz CT molecular complexity index is 324. The zero-order valence-corrected chi connectivity index (χ0v) is 10.5. The van der Waals surface area contributed by atoms with E-state index in [-0.39, 0.29) is 0 Å². The van der Waals surface area contributed by atoms with E-state index in [1.165, 1.54) is 37.9 Å². The number of rotatable bonds is 5. The molecule has 0 bridgehead atoms. The summed E-state index contributed by atoms with van der Waals surface area (Å²) in [5.74, 6) is 1.18. The zero-order chi connectivity index (χ0) is 11.4. The molecule has 1 fully saturated rings. The monoisotopic (exact) mass is 221 g/mol. The van der Waals surface area contributed by atoms with Crippen molar-refractivity contribution in [3.63, 3.8) is 0 Å². The van der Waals surface area contributed by atoms with Crippen molar-refractivity contribution < 1.29 is 0 Å². The van der Waals surface area contributed by atoms with E-state index < -0.39 is 0 Å². The van der Waals surface area contributed by atoms with Crippen molar-refractivity contribution in [1.29, 1.82) is 0 Å². The minimum absolute atomic E-state index is 0.350. The van der Waals surface area contributed by atoms with Crippen molar-refractivity contribution in [2.24, 2.45) is 0 Å². The average molecular weight is 221 g/mol. The van der Waals surface area contributed by atoms with E-state index in [1.54, 1.807) is 0 Å². The van der Waals surface area contributed by atoms with Gasteiger partial charge in [-0.1, -0.05) is 19.8 Å². The van der Waals surface area contributed by atoms with Crippen molar-refractivity contribution in [2.75, 3.05) is 0 Å². The van der Waals surface area contributed by atoms with E-state index in [0.29, 0.717) is 5.54 Å². The third-order valence-corrected chi connectivity index (χ3v) is 3.65. The minimum Gasteiger partial charge on any atom is -0.334 e. The Kier molecular flexibility index (Phi) is 3.64. The summed E-state index contributed by atoms with van der Waals surface area (Å²) in [7, 11) is 0. The van der Waals surface area contributed by atoms with Gasteiger partial charge in [0.25, 0.3) is 0 Å². The number of imidazole rings is 1. The Morgan fingerprint density at radius 3 is 2.88 bits per heavy atom. The Hall–Kier alpha value is -0.830. The molecule has 90 valence electrons. The van der Waals surface area contributed by atoms with E-state index >= 15 is 0 Å². The Morgan fingerprint density at radius 2 is 2.19 bits per heavy atom. The SMILES string of the molecule is CCCn1ccnc1CNC1(C)CCCC1. The maximum atomic E-state index is 4.43. The highest BCUT2D eigenvalue weighted by Crippen LogP contribution is 2.29. The van der Waals surface area contributed by atoms with Crippen LogP contribution < -0.4 is 5.32 Å². The molecular formula is C13H23N3. The van der Waals surface area contributed by atoms with Crippen LogP contribution in [-0.4, -0.2) is 15.1 Å². The number of hydrogen-bond donors (Lipinski definition) is 1. The molecule has 0 aromatic carbocycles. The second kappa shape index (κ2) is 5.00. The van der Waals surface area contributed by atoms with Gasteiger partial charge in [-0.05, 0) is 26.2 Å². The molecule has 0 amide bonds. The molecule has 0 aliphatic heterocycles. The van der Waals surface area contributed by atoms with Crippen molar-refractivity contribution >= 4 is 0 Å². The van der Waals surface area contributed by atoms with Gasteiger partial charge < -0.3 is 9.88 Å². The summed E-state index contributed by atoms with van der Waals surface area (Å²) in [5.41, 5.74) is 0.350. The molecule has 0 spiro atoms. The highest BCUT2D eigenvalue weighted by Gasteiger charge is 2.27. The van der Waals surface area contributed by atoms with Crippen LogP contribution in [0.1, 0.15) is 51.8 Å². The number of nitrogens with one attached hydrogen (secondary N) is 1. The van der Waals surface area contributed by atoms with Gasteiger partial charge in [0, 0.05) is 24.5 Å². The molecule has 3 nitrogen and oxygen atoms in total. The van der Waals surface area contributed by atoms with Crippen LogP contribution in [0.15, 0.2) is 12.4 Å². The third kappa shape index (κ3) is 2.64. The highest BCUT2D eigenvalue weighted by atomic mass is 15.1. The number of hydrogen-bond acceptors (Lipinski definition) is 2. The van der Waals surface area contributed by atoms with Crippen molar-refractivity contribution in [2.45, 2.75) is 64.6 Å². The molecule has 3 heteroatoms. The number of aromatic nitrogens is 2. The maximum absolute atomic E-state index is 4.43. The molecule has 1 N–H and O–H groups in total. The molecule has 1 aliphatic rings. The Labute approximate surface area is 98.3 Å². The molecule has 0 radical (unpaired) electrons. The van der Waals surface area contributed by atoms with Gasteiger partial charge in [0.1, 0.15) is 5.82 Å². The largest absolute Gasteiger partial charge is 0.334 e. The van der Waals surface area contributed by atoms with Crippen molar-refractivity contribution in [3.8, 4) is 0 Å². The molecule has 0 atom stereocenters. The van der Waals surface area contributed by atoms with E-state index in [0.717, 1.165) is 13.1 Å². The Morgan fingerprint density at radius 1 is 1.44 bits per heavy atom. The zero-order valence-electron chi connectivity index (χ0n) is 10.5. The standard InChI is InChI=1S/C13H23N3/c1-3-9-16-10-8-14-12(16)11-15-13(2)6-4-5-7-13/h8,10,15H,3-7,9,11H2,1-2H3. The van der Waals surface area contributed by atoms with Crippen LogP contribution in [0.25, 0.3) is 0 Å². The van der Waals surface area contributed by atoms with E-state index in [2.05, 4.69) is 34.9 Å². The second-order valence-corrected chi connectivity index (χ2v) is 5.16. The normalized spacial score (nSPS) is 19.1. The first-order valence-corrected chi connectivity index (χ1v) is 6.48. The van der Waals surface area contributed by atoms with E-state index in [9.17, 15) is 0 Å². The fraction of sp³-hybridized carbons (Fsp3) is 0.769. The Balaban J connectivity index is 1.91. The summed E-state index contributed by atoms with van der Waals surface area (Å²) < 4.78 is 2.26. The fourth-order valence-electron chi connectivity index (χ4n) is 2.58. The lowest BCUT2D eigenvalue weighted by Gasteiger charge is -2.25. The number of aryl methyl sites for hydroxylation is 1. The predicted molar refractivity (Wildman–Crippen MR) is 66.2 cm³/mol. The van der Waals surface area contributed by atoms with Crippen molar-refractivity contribution in [1.82, 2.24) is 14.9 Å². The highest BCUT2D eigenvalue weighted by molar-refractivity contribution is 4.95.